The van der Waals surface area contributed by atoms with Crippen LogP contribution < -0.4 is 5.32 Å². The molecule has 0 unspecified atom stereocenters. The zero-order valence-electron chi connectivity index (χ0n) is 11.9. The van der Waals surface area contributed by atoms with Gasteiger partial charge in [0.15, 0.2) is 0 Å². The zero-order valence-corrected chi connectivity index (χ0v) is 12.7. The van der Waals surface area contributed by atoms with E-state index in [2.05, 4.69) is 10.3 Å². The van der Waals surface area contributed by atoms with E-state index in [0.717, 1.165) is 10.7 Å². The molecule has 1 heterocycles. The average molecular weight is 304 g/mol. The molecular weight excluding hydrogens is 287 g/mol. The number of carbonyl (C=O) groups excluding carboxylic acids is 1. The second-order valence-corrected chi connectivity index (χ2v) is 6.37. The molecule has 1 aromatic carbocycles. The second kappa shape index (κ2) is 5.93. The average Bonchev–Trinajstić information content (AvgIpc) is 3.24. The Kier molecular flexibility index (Phi) is 4.01. The van der Waals surface area contributed by atoms with Gasteiger partial charge in [0.25, 0.3) is 5.91 Å². The lowest BCUT2D eigenvalue weighted by Gasteiger charge is -2.05. The van der Waals surface area contributed by atoms with Crippen molar-refractivity contribution in [3.8, 4) is 0 Å². The minimum atomic E-state index is -0.225. The molecule has 110 valence electrons. The number of amides is 1. The highest BCUT2D eigenvalue weighted by Gasteiger charge is 2.28. The van der Waals surface area contributed by atoms with Crippen LogP contribution in [0.15, 0.2) is 24.3 Å². The van der Waals surface area contributed by atoms with Crippen LogP contribution in [-0.4, -0.2) is 17.4 Å². The van der Waals surface area contributed by atoms with Crippen molar-refractivity contribution in [3.63, 3.8) is 0 Å². The molecule has 0 aliphatic heterocycles. The van der Waals surface area contributed by atoms with Crippen molar-refractivity contribution in [2.75, 3.05) is 6.54 Å². The van der Waals surface area contributed by atoms with E-state index >= 15 is 0 Å². The Morgan fingerprint density at radius 1 is 1.43 bits per heavy atom. The monoisotopic (exact) mass is 304 g/mol. The third-order valence-electron chi connectivity index (χ3n) is 3.58. The van der Waals surface area contributed by atoms with Gasteiger partial charge in [0, 0.05) is 12.5 Å². The maximum atomic E-state index is 13.5. The summed E-state index contributed by atoms with van der Waals surface area (Å²) in [7, 11) is 0. The Hall–Kier alpha value is -1.75. The normalized spacial score (nSPS) is 14.2. The summed E-state index contributed by atoms with van der Waals surface area (Å²) < 4.78 is 13.5. The van der Waals surface area contributed by atoms with Gasteiger partial charge in [-0.15, -0.1) is 11.3 Å². The summed E-state index contributed by atoms with van der Waals surface area (Å²) in [6.07, 6.45) is 2.86. The van der Waals surface area contributed by atoms with Crippen LogP contribution in [0, 0.1) is 12.7 Å². The summed E-state index contributed by atoms with van der Waals surface area (Å²) in [5.41, 5.74) is 1.42. The van der Waals surface area contributed by atoms with E-state index < -0.39 is 0 Å². The Labute approximate surface area is 127 Å². The van der Waals surface area contributed by atoms with Crippen LogP contribution in [0.4, 0.5) is 4.39 Å². The number of nitrogens with one attached hydrogen (secondary N) is 1. The van der Waals surface area contributed by atoms with Crippen molar-refractivity contribution in [1.82, 2.24) is 10.3 Å². The SMILES string of the molecule is Cc1nc(C2CC2)sc1C(=O)NCCc1ccccc1F. The lowest BCUT2D eigenvalue weighted by molar-refractivity contribution is 0.0957. The van der Waals surface area contributed by atoms with Gasteiger partial charge in [0.1, 0.15) is 10.7 Å². The molecule has 3 nitrogen and oxygen atoms in total. The van der Waals surface area contributed by atoms with Crippen molar-refractivity contribution in [2.24, 2.45) is 0 Å². The van der Waals surface area contributed by atoms with Gasteiger partial charge in [0.05, 0.1) is 10.7 Å². The largest absolute Gasteiger partial charge is 0.351 e. The number of hydrogen-bond acceptors (Lipinski definition) is 3. The summed E-state index contributed by atoms with van der Waals surface area (Å²) in [5, 5.41) is 3.93. The fraction of sp³-hybridized carbons (Fsp3) is 0.375. The summed E-state index contributed by atoms with van der Waals surface area (Å²) in [6.45, 7) is 2.30. The predicted octanol–water partition coefficient (Wildman–Crippen LogP) is 3.44. The van der Waals surface area contributed by atoms with E-state index in [9.17, 15) is 9.18 Å². The van der Waals surface area contributed by atoms with Gasteiger partial charge in [-0.3, -0.25) is 4.79 Å². The molecular formula is C16H17FN2OS. The molecule has 21 heavy (non-hydrogen) atoms. The molecule has 0 spiro atoms. The van der Waals surface area contributed by atoms with Gasteiger partial charge < -0.3 is 5.32 Å². The molecule has 2 aromatic rings. The Morgan fingerprint density at radius 2 is 2.19 bits per heavy atom. The number of carbonyl (C=O) groups is 1. The van der Waals surface area contributed by atoms with E-state index in [1.54, 1.807) is 18.2 Å². The maximum absolute atomic E-state index is 13.5. The number of aryl methyl sites for hydroxylation is 1. The molecule has 1 aliphatic rings. The molecule has 1 fully saturated rings. The predicted molar refractivity (Wildman–Crippen MR) is 81.3 cm³/mol. The molecule has 1 aromatic heterocycles. The summed E-state index contributed by atoms with van der Waals surface area (Å²) >= 11 is 1.49. The van der Waals surface area contributed by atoms with Crippen molar-refractivity contribution in [3.05, 3.63) is 51.2 Å². The minimum Gasteiger partial charge on any atom is -0.351 e. The first-order chi connectivity index (χ1) is 10.1. The highest BCUT2D eigenvalue weighted by atomic mass is 32.1. The van der Waals surface area contributed by atoms with Crippen LogP contribution in [0.3, 0.4) is 0 Å². The first-order valence-electron chi connectivity index (χ1n) is 7.14. The molecule has 1 saturated carbocycles. The van der Waals surface area contributed by atoms with Gasteiger partial charge in [-0.2, -0.15) is 0 Å². The van der Waals surface area contributed by atoms with Gasteiger partial charge in [-0.05, 0) is 37.8 Å². The first kappa shape index (κ1) is 14.2. The van der Waals surface area contributed by atoms with E-state index in [1.165, 1.54) is 30.2 Å². The van der Waals surface area contributed by atoms with Crippen LogP contribution in [0.25, 0.3) is 0 Å². The molecule has 0 radical (unpaired) electrons. The Balaban J connectivity index is 1.58. The molecule has 0 atom stereocenters. The second-order valence-electron chi connectivity index (χ2n) is 5.34. The molecule has 1 N–H and O–H groups in total. The lowest BCUT2D eigenvalue weighted by Crippen LogP contribution is -2.25. The van der Waals surface area contributed by atoms with E-state index in [4.69, 9.17) is 0 Å². The number of thiazole rings is 1. The van der Waals surface area contributed by atoms with Crippen LogP contribution >= 0.6 is 11.3 Å². The van der Waals surface area contributed by atoms with Crippen LogP contribution in [0.2, 0.25) is 0 Å². The quantitative estimate of drug-likeness (QED) is 0.919. The van der Waals surface area contributed by atoms with Crippen molar-refractivity contribution >= 4 is 17.2 Å². The van der Waals surface area contributed by atoms with Gasteiger partial charge in [-0.1, -0.05) is 18.2 Å². The zero-order chi connectivity index (χ0) is 14.8. The highest BCUT2D eigenvalue weighted by molar-refractivity contribution is 7.13. The molecule has 3 rings (SSSR count). The first-order valence-corrected chi connectivity index (χ1v) is 7.95. The van der Waals surface area contributed by atoms with Gasteiger partial charge in [-0.25, -0.2) is 9.37 Å². The fourth-order valence-electron chi connectivity index (χ4n) is 2.22. The Morgan fingerprint density at radius 3 is 2.90 bits per heavy atom. The smallest absolute Gasteiger partial charge is 0.263 e. The Bertz CT molecular complexity index is 664. The number of aromatic nitrogens is 1. The standard InChI is InChI=1S/C16H17FN2OS/c1-10-14(21-16(19-10)12-6-7-12)15(20)18-9-8-11-4-2-3-5-13(11)17/h2-5,12H,6-9H2,1H3,(H,18,20). The topological polar surface area (TPSA) is 42.0 Å². The summed E-state index contributed by atoms with van der Waals surface area (Å²) in [6, 6.07) is 6.64. The molecule has 0 bridgehead atoms. The summed E-state index contributed by atoms with van der Waals surface area (Å²) in [5.74, 6) is 0.235. The summed E-state index contributed by atoms with van der Waals surface area (Å²) in [4.78, 5) is 17.3. The molecule has 1 amide bonds. The minimum absolute atomic E-state index is 0.103. The van der Waals surface area contributed by atoms with Crippen LogP contribution in [-0.2, 0) is 6.42 Å². The van der Waals surface area contributed by atoms with Crippen LogP contribution in [0.1, 0.15) is 44.7 Å². The number of hydrogen-bond donors (Lipinski definition) is 1. The highest BCUT2D eigenvalue weighted by Crippen LogP contribution is 2.42. The van der Waals surface area contributed by atoms with Gasteiger partial charge in [0.2, 0.25) is 0 Å². The fourth-order valence-corrected chi connectivity index (χ4v) is 3.38. The molecule has 5 heteroatoms. The van der Waals surface area contributed by atoms with Crippen molar-refractivity contribution < 1.29 is 9.18 Å². The molecule has 1 aliphatic carbocycles. The van der Waals surface area contributed by atoms with Crippen molar-refractivity contribution in [2.45, 2.75) is 32.1 Å². The maximum Gasteiger partial charge on any atom is 0.263 e. The number of benzene rings is 1. The van der Waals surface area contributed by atoms with Crippen LogP contribution in [0.5, 0.6) is 0 Å². The number of halogens is 1. The third kappa shape index (κ3) is 3.29. The third-order valence-corrected chi connectivity index (χ3v) is 4.90. The lowest BCUT2D eigenvalue weighted by atomic mass is 10.1. The van der Waals surface area contributed by atoms with Gasteiger partial charge >= 0.3 is 0 Å². The van der Waals surface area contributed by atoms with E-state index in [-0.39, 0.29) is 11.7 Å². The molecule has 0 saturated heterocycles. The van der Waals surface area contributed by atoms with E-state index in [1.807, 2.05) is 6.92 Å². The van der Waals surface area contributed by atoms with E-state index in [0.29, 0.717) is 29.3 Å². The number of nitrogens with zero attached hydrogens (tertiary/aromatic N) is 1. The number of rotatable bonds is 5. The van der Waals surface area contributed by atoms with Crippen molar-refractivity contribution in [1.29, 1.82) is 0 Å².